The summed E-state index contributed by atoms with van der Waals surface area (Å²) in [6.07, 6.45) is 1.72. The molecule has 0 spiro atoms. The van der Waals surface area contributed by atoms with Crippen LogP contribution in [-0.4, -0.2) is 10.9 Å². The maximum Gasteiger partial charge on any atom is 0.266 e. The first kappa shape index (κ1) is 13.8. The van der Waals surface area contributed by atoms with Crippen molar-refractivity contribution in [2.45, 2.75) is 0 Å². The minimum Gasteiger partial charge on any atom is -0.290 e. The fraction of sp³-hybridized carbons (Fsp3) is 0. The van der Waals surface area contributed by atoms with Gasteiger partial charge in [-0.05, 0) is 24.3 Å². The molecule has 0 aliphatic carbocycles. The lowest BCUT2D eigenvalue weighted by atomic mass is 10.1. The number of nitrogens with one attached hydrogen (secondary N) is 1. The summed E-state index contributed by atoms with van der Waals surface area (Å²) in [7, 11) is 0. The quantitative estimate of drug-likeness (QED) is 0.312. The largest absolute Gasteiger partial charge is 0.290 e. The molecule has 1 aromatic heterocycles. The van der Waals surface area contributed by atoms with Gasteiger partial charge in [0.1, 0.15) is 0 Å². The zero-order valence-corrected chi connectivity index (χ0v) is 11.7. The van der Waals surface area contributed by atoms with E-state index >= 15 is 0 Å². The van der Waals surface area contributed by atoms with Gasteiger partial charge in [0.2, 0.25) is 0 Å². The van der Waals surface area contributed by atoms with Crippen molar-refractivity contribution in [2.75, 3.05) is 0 Å². The van der Waals surface area contributed by atoms with Crippen molar-refractivity contribution in [1.82, 2.24) is 10.4 Å². The fourth-order valence-electron chi connectivity index (χ4n) is 2.15. The number of fused-ring (bicyclic) bond motifs is 1. The van der Waals surface area contributed by atoms with E-state index in [4.69, 9.17) is 5.84 Å². The number of nitrogens with zero attached hydrogens (tertiary/aromatic N) is 1. The Morgan fingerprint density at radius 1 is 1.05 bits per heavy atom. The minimum absolute atomic E-state index is 0.360. The SMILES string of the molecule is NNC(=O)c1ccccc1C#Cc1cnc2ccccc2c1. The average molecular weight is 287 g/mol. The minimum atomic E-state index is -0.360. The maximum atomic E-state index is 11.7. The van der Waals surface area contributed by atoms with Crippen molar-refractivity contribution in [3.63, 3.8) is 0 Å². The number of hydrogen-bond donors (Lipinski definition) is 2. The highest BCUT2D eigenvalue weighted by Gasteiger charge is 2.07. The summed E-state index contributed by atoms with van der Waals surface area (Å²) < 4.78 is 0. The summed E-state index contributed by atoms with van der Waals surface area (Å²) in [5, 5.41) is 1.03. The zero-order chi connectivity index (χ0) is 15.4. The predicted molar refractivity (Wildman–Crippen MR) is 85.8 cm³/mol. The molecule has 106 valence electrons. The number of amides is 1. The number of hydrogen-bond acceptors (Lipinski definition) is 3. The number of carbonyl (C=O) groups excluding carboxylic acids is 1. The number of nitrogens with two attached hydrogens (primary N) is 1. The van der Waals surface area contributed by atoms with Gasteiger partial charge >= 0.3 is 0 Å². The highest BCUT2D eigenvalue weighted by Crippen LogP contribution is 2.12. The lowest BCUT2D eigenvalue weighted by Crippen LogP contribution is -2.30. The Morgan fingerprint density at radius 3 is 2.68 bits per heavy atom. The van der Waals surface area contributed by atoms with Gasteiger partial charge in [-0.1, -0.05) is 42.2 Å². The van der Waals surface area contributed by atoms with Gasteiger partial charge in [-0.3, -0.25) is 15.2 Å². The molecule has 22 heavy (non-hydrogen) atoms. The van der Waals surface area contributed by atoms with Crippen LogP contribution >= 0.6 is 0 Å². The molecular formula is C18H13N3O. The van der Waals surface area contributed by atoms with Crippen LogP contribution in [0.5, 0.6) is 0 Å². The third-order valence-electron chi connectivity index (χ3n) is 3.23. The summed E-state index contributed by atoms with van der Waals surface area (Å²) in [6.45, 7) is 0. The van der Waals surface area contributed by atoms with E-state index < -0.39 is 0 Å². The number of hydrazine groups is 1. The molecule has 0 atom stereocenters. The van der Waals surface area contributed by atoms with Crippen molar-refractivity contribution in [2.24, 2.45) is 5.84 Å². The van der Waals surface area contributed by atoms with E-state index in [1.54, 1.807) is 24.4 Å². The first-order valence-electron chi connectivity index (χ1n) is 6.75. The molecule has 1 amide bonds. The third kappa shape index (κ3) is 2.80. The molecule has 4 nitrogen and oxygen atoms in total. The number of para-hydroxylation sites is 1. The van der Waals surface area contributed by atoms with Crippen molar-refractivity contribution in [3.8, 4) is 11.8 Å². The van der Waals surface area contributed by atoms with Crippen molar-refractivity contribution < 1.29 is 4.79 Å². The molecule has 4 heteroatoms. The van der Waals surface area contributed by atoms with Gasteiger partial charge in [-0.25, -0.2) is 5.84 Å². The third-order valence-corrected chi connectivity index (χ3v) is 3.23. The summed E-state index contributed by atoms with van der Waals surface area (Å²) in [5.74, 6) is 10.9. The Kier molecular flexibility index (Phi) is 3.82. The van der Waals surface area contributed by atoms with Crippen LogP contribution in [0.15, 0.2) is 60.8 Å². The zero-order valence-electron chi connectivity index (χ0n) is 11.7. The molecule has 0 saturated carbocycles. The van der Waals surface area contributed by atoms with Crippen molar-refractivity contribution in [1.29, 1.82) is 0 Å². The van der Waals surface area contributed by atoms with Gasteiger partial charge in [0.15, 0.2) is 0 Å². The second-order valence-electron chi connectivity index (χ2n) is 4.69. The molecule has 3 aromatic rings. The lowest BCUT2D eigenvalue weighted by Gasteiger charge is -2.01. The van der Waals surface area contributed by atoms with E-state index in [1.807, 2.05) is 36.4 Å². The van der Waals surface area contributed by atoms with E-state index in [-0.39, 0.29) is 5.91 Å². The van der Waals surface area contributed by atoms with Gasteiger partial charge in [-0.15, -0.1) is 0 Å². The van der Waals surface area contributed by atoms with E-state index in [0.29, 0.717) is 11.1 Å². The normalized spacial score (nSPS) is 9.86. The monoisotopic (exact) mass is 287 g/mol. The first-order valence-corrected chi connectivity index (χ1v) is 6.75. The second kappa shape index (κ2) is 6.08. The number of nitrogen functional groups attached to an aromatic ring is 1. The summed E-state index contributed by atoms with van der Waals surface area (Å²) >= 11 is 0. The molecule has 0 aliphatic heterocycles. The molecule has 0 radical (unpaired) electrons. The molecule has 0 unspecified atom stereocenters. The molecule has 2 aromatic carbocycles. The van der Waals surface area contributed by atoms with E-state index in [0.717, 1.165) is 16.5 Å². The van der Waals surface area contributed by atoms with E-state index in [1.165, 1.54) is 0 Å². The molecule has 3 rings (SSSR count). The van der Waals surface area contributed by atoms with Crippen LogP contribution in [0.1, 0.15) is 21.5 Å². The van der Waals surface area contributed by atoms with Crippen LogP contribution in [-0.2, 0) is 0 Å². The number of aromatic nitrogens is 1. The standard InChI is InChI=1S/C18H13N3O/c19-21-18(22)16-7-3-1-5-14(16)10-9-13-11-15-6-2-4-8-17(15)20-12-13/h1-8,11-12H,19H2,(H,21,22). The number of pyridine rings is 1. The molecule has 3 N–H and O–H groups in total. The van der Waals surface area contributed by atoms with Gasteiger partial charge in [-0.2, -0.15) is 0 Å². The smallest absolute Gasteiger partial charge is 0.266 e. The Hall–Kier alpha value is -3.16. The highest BCUT2D eigenvalue weighted by molar-refractivity contribution is 5.96. The van der Waals surface area contributed by atoms with Gasteiger partial charge in [0, 0.05) is 22.7 Å². The second-order valence-corrected chi connectivity index (χ2v) is 4.69. The summed E-state index contributed by atoms with van der Waals surface area (Å²) in [6, 6.07) is 16.9. The summed E-state index contributed by atoms with van der Waals surface area (Å²) in [5.41, 5.74) is 4.92. The predicted octanol–water partition coefficient (Wildman–Crippen LogP) is 2.24. The van der Waals surface area contributed by atoms with Gasteiger partial charge in [0.05, 0.1) is 11.1 Å². The molecule has 1 heterocycles. The van der Waals surface area contributed by atoms with Crippen LogP contribution in [0.25, 0.3) is 10.9 Å². The molecule has 0 aliphatic rings. The Balaban J connectivity index is 1.99. The van der Waals surface area contributed by atoms with Crippen LogP contribution in [0, 0.1) is 11.8 Å². The van der Waals surface area contributed by atoms with Crippen LogP contribution in [0.2, 0.25) is 0 Å². The Bertz CT molecular complexity index is 907. The van der Waals surface area contributed by atoms with Crippen LogP contribution in [0.3, 0.4) is 0 Å². The fourth-order valence-corrected chi connectivity index (χ4v) is 2.15. The number of carbonyl (C=O) groups is 1. The maximum absolute atomic E-state index is 11.7. The molecule has 0 fully saturated rings. The van der Waals surface area contributed by atoms with E-state index in [2.05, 4.69) is 22.3 Å². The average Bonchev–Trinajstić information content (AvgIpc) is 2.59. The van der Waals surface area contributed by atoms with Gasteiger partial charge in [0.25, 0.3) is 5.91 Å². The van der Waals surface area contributed by atoms with E-state index in [9.17, 15) is 4.79 Å². The van der Waals surface area contributed by atoms with Gasteiger partial charge < -0.3 is 0 Å². The molecular weight excluding hydrogens is 274 g/mol. The Labute approximate surface area is 128 Å². The lowest BCUT2D eigenvalue weighted by molar-refractivity contribution is 0.0953. The summed E-state index contributed by atoms with van der Waals surface area (Å²) in [4.78, 5) is 16.1. The highest BCUT2D eigenvalue weighted by atomic mass is 16.2. The molecule has 0 saturated heterocycles. The number of benzene rings is 2. The van der Waals surface area contributed by atoms with Crippen LogP contribution < -0.4 is 11.3 Å². The Morgan fingerprint density at radius 2 is 1.82 bits per heavy atom. The first-order chi connectivity index (χ1) is 10.8. The topological polar surface area (TPSA) is 68.0 Å². The van der Waals surface area contributed by atoms with Crippen molar-refractivity contribution >= 4 is 16.8 Å². The molecule has 0 bridgehead atoms. The van der Waals surface area contributed by atoms with Crippen molar-refractivity contribution in [3.05, 3.63) is 77.5 Å². The van der Waals surface area contributed by atoms with Crippen LogP contribution in [0.4, 0.5) is 0 Å². The number of rotatable bonds is 1.